The largest absolute Gasteiger partial charge is 0.328 e. The van der Waals surface area contributed by atoms with E-state index in [1.165, 1.54) is 0 Å². The van der Waals surface area contributed by atoms with Crippen LogP contribution in [0, 0.1) is 0 Å². The van der Waals surface area contributed by atoms with Gasteiger partial charge in [0.1, 0.15) is 5.52 Å². The van der Waals surface area contributed by atoms with Crippen molar-refractivity contribution >= 4 is 17.0 Å². The molecule has 0 bridgehead atoms. The van der Waals surface area contributed by atoms with Crippen molar-refractivity contribution in [2.75, 3.05) is 11.9 Å². The second kappa shape index (κ2) is 4.70. The van der Waals surface area contributed by atoms with E-state index in [1.54, 1.807) is 12.4 Å². The van der Waals surface area contributed by atoms with Crippen LogP contribution in [0.5, 0.6) is 0 Å². The maximum absolute atomic E-state index is 5.68. The zero-order valence-electron chi connectivity index (χ0n) is 10.7. The lowest BCUT2D eigenvalue weighted by Crippen LogP contribution is -2.13. The molecule has 0 aliphatic rings. The van der Waals surface area contributed by atoms with Crippen molar-refractivity contribution in [2.24, 2.45) is 5.73 Å². The maximum Gasteiger partial charge on any atom is 0.158 e. The Bertz CT molecular complexity index is 704. The van der Waals surface area contributed by atoms with Gasteiger partial charge in [0.25, 0.3) is 0 Å². The highest BCUT2D eigenvalue weighted by molar-refractivity contribution is 5.74. The van der Waals surface area contributed by atoms with E-state index in [4.69, 9.17) is 5.73 Å². The minimum atomic E-state index is 0.534. The Morgan fingerprint density at radius 1 is 1.26 bits per heavy atom. The van der Waals surface area contributed by atoms with Crippen molar-refractivity contribution in [1.29, 1.82) is 0 Å². The van der Waals surface area contributed by atoms with Crippen LogP contribution in [0.1, 0.15) is 5.56 Å². The fourth-order valence-corrected chi connectivity index (χ4v) is 2.12. The molecule has 0 unspecified atom stereocenters. The molecule has 0 amide bonds. The van der Waals surface area contributed by atoms with E-state index in [2.05, 4.69) is 16.1 Å². The number of benzene rings is 1. The van der Waals surface area contributed by atoms with Gasteiger partial charge in [0.05, 0.1) is 6.20 Å². The van der Waals surface area contributed by atoms with Crippen molar-refractivity contribution in [2.45, 2.75) is 6.54 Å². The van der Waals surface area contributed by atoms with Gasteiger partial charge >= 0.3 is 0 Å². The molecule has 0 spiro atoms. The first-order valence-electron chi connectivity index (χ1n) is 6.10. The molecule has 2 aromatic heterocycles. The van der Waals surface area contributed by atoms with Crippen LogP contribution in [0.3, 0.4) is 0 Å². The first-order valence-corrected chi connectivity index (χ1v) is 6.10. The highest BCUT2D eigenvalue weighted by Gasteiger charge is 2.10. The van der Waals surface area contributed by atoms with Gasteiger partial charge in [0, 0.05) is 31.7 Å². The number of hydrogen-bond acceptors (Lipinski definition) is 4. The Labute approximate surface area is 111 Å². The molecule has 5 heteroatoms. The van der Waals surface area contributed by atoms with Crippen LogP contribution in [-0.4, -0.2) is 21.6 Å². The summed E-state index contributed by atoms with van der Waals surface area (Å²) < 4.78 is 1.81. The van der Waals surface area contributed by atoms with Crippen LogP contribution in [-0.2, 0) is 6.54 Å². The van der Waals surface area contributed by atoms with Gasteiger partial charge in [-0.25, -0.2) is 9.50 Å². The molecule has 0 radical (unpaired) electrons. The van der Waals surface area contributed by atoms with Gasteiger partial charge in [-0.1, -0.05) is 12.1 Å². The Balaban J connectivity index is 2.07. The fourth-order valence-electron chi connectivity index (χ4n) is 2.12. The zero-order valence-corrected chi connectivity index (χ0v) is 10.7. The Hall–Kier alpha value is -2.40. The minimum absolute atomic E-state index is 0.534. The van der Waals surface area contributed by atoms with E-state index in [-0.39, 0.29) is 0 Å². The van der Waals surface area contributed by atoms with E-state index in [0.717, 1.165) is 22.6 Å². The highest BCUT2D eigenvalue weighted by atomic mass is 15.3. The lowest BCUT2D eigenvalue weighted by Gasteiger charge is -2.19. The number of aromatic nitrogens is 3. The summed E-state index contributed by atoms with van der Waals surface area (Å²) in [5.74, 6) is 0.870. The van der Waals surface area contributed by atoms with Gasteiger partial charge in [0.15, 0.2) is 5.82 Å². The summed E-state index contributed by atoms with van der Waals surface area (Å²) in [6.07, 6.45) is 5.35. The van der Waals surface area contributed by atoms with Crippen molar-refractivity contribution in [3.05, 3.63) is 54.5 Å². The van der Waals surface area contributed by atoms with Gasteiger partial charge in [0.2, 0.25) is 0 Å². The number of fused-ring (bicyclic) bond motifs is 1. The van der Waals surface area contributed by atoms with E-state index in [9.17, 15) is 0 Å². The third-order valence-corrected chi connectivity index (χ3v) is 3.16. The van der Waals surface area contributed by atoms with E-state index < -0.39 is 0 Å². The van der Waals surface area contributed by atoms with Crippen LogP contribution in [0.15, 0.2) is 48.9 Å². The first kappa shape index (κ1) is 11.7. The molecule has 0 saturated carbocycles. The van der Waals surface area contributed by atoms with E-state index in [0.29, 0.717) is 6.54 Å². The third-order valence-electron chi connectivity index (χ3n) is 3.16. The standard InChI is InChI=1S/C14H15N5/c1-18(12-4-2-3-11(9-12)10-15)14-13-5-6-17-19(13)8-7-16-14/h2-9H,10,15H2,1H3. The topological polar surface area (TPSA) is 59.5 Å². The van der Waals surface area contributed by atoms with Crippen LogP contribution in [0.2, 0.25) is 0 Å². The Kier molecular flexibility index (Phi) is 2.89. The van der Waals surface area contributed by atoms with Gasteiger partial charge in [-0.3, -0.25) is 0 Å². The van der Waals surface area contributed by atoms with Crippen molar-refractivity contribution < 1.29 is 0 Å². The molecule has 5 nitrogen and oxygen atoms in total. The molecule has 96 valence electrons. The van der Waals surface area contributed by atoms with E-state index in [1.807, 2.05) is 46.9 Å². The normalized spacial score (nSPS) is 10.8. The molecule has 3 rings (SSSR count). The van der Waals surface area contributed by atoms with Gasteiger partial charge in [-0.2, -0.15) is 5.10 Å². The molecule has 0 atom stereocenters. The lowest BCUT2D eigenvalue weighted by atomic mass is 10.2. The first-order chi connectivity index (χ1) is 9.29. The zero-order chi connectivity index (χ0) is 13.2. The van der Waals surface area contributed by atoms with Gasteiger partial charge in [-0.05, 0) is 23.8 Å². The molecule has 2 heterocycles. The lowest BCUT2D eigenvalue weighted by molar-refractivity contribution is 0.938. The molecule has 0 saturated heterocycles. The van der Waals surface area contributed by atoms with Crippen molar-refractivity contribution in [1.82, 2.24) is 14.6 Å². The SMILES string of the molecule is CN(c1cccc(CN)c1)c1nccn2nccc12. The smallest absolute Gasteiger partial charge is 0.158 e. The molecule has 19 heavy (non-hydrogen) atoms. The number of nitrogens with zero attached hydrogens (tertiary/aromatic N) is 4. The van der Waals surface area contributed by atoms with Gasteiger partial charge in [-0.15, -0.1) is 0 Å². The summed E-state index contributed by atoms with van der Waals surface area (Å²) in [7, 11) is 1.99. The average Bonchev–Trinajstić information content (AvgIpc) is 2.95. The predicted molar refractivity (Wildman–Crippen MR) is 75.4 cm³/mol. The minimum Gasteiger partial charge on any atom is -0.328 e. The summed E-state index contributed by atoms with van der Waals surface area (Å²) in [5.41, 5.74) is 8.82. The molecule has 1 aromatic carbocycles. The van der Waals surface area contributed by atoms with E-state index >= 15 is 0 Å². The Morgan fingerprint density at radius 2 is 2.16 bits per heavy atom. The fraction of sp³-hybridized carbons (Fsp3) is 0.143. The van der Waals surface area contributed by atoms with Crippen LogP contribution in [0.25, 0.3) is 5.52 Å². The number of rotatable bonds is 3. The monoisotopic (exact) mass is 253 g/mol. The second-order valence-corrected chi connectivity index (χ2v) is 4.34. The summed E-state index contributed by atoms with van der Waals surface area (Å²) in [6.45, 7) is 0.534. The quantitative estimate of drug-likeness (QED) is 0.775. The average molecular weight is 253 g/mol. The summed E-state index contributed by atoms with van der Waals surface area (Å²) in [5, 5.41) is 4.22. The second-order valence-electron chi connectivity index (χ2n) is 4.34. The maximum atomic E-state index is 5.68. The van der Waals surface area contributed by atoms with Crippen LogP contribution < -0.4 is 10.6 Å². The highest BCUT2D eigenvalue weighted by Crippen LogP contribution is 2.25. The number of hydrogen-bond donors (Lipinski definition) is 1. The summed E-state index contributed by atoms with van der Waals surface area (Å²) >= 11 is 0. The molecule has 3 aromatic rings. The summed E-state index contributed by atoms with van der Waals surface area (Å²) in [4.78, 5) is 6.48. The van der Waals surface area contributed by atoms with Crippen molar-refractivity contribution in [3.8, 4) is 0 Å². The summed E-state index contributed by atoms with van der Waals surface area (Å²) in [6, 6.07) is 10.1. The van der Waals surface area contributed by atoms with Gasteiger partial charge < -0.3 is 10.6 Å². The predicted octanol–water partition coefficient (Wildman–Crippen LogP) is 1.96. The molecular weight excluding hydrogens is 238 g/mol. The molecular formula is C14H15N5. The number of anilines is 2. The molecule has 2 N–H and O–H groups in total. The molecule has 0 aliphatic carbocycles. The Morgan fingerprint density at radius 3 is 3.00 bits per heavy atom. The molecule has 0 fully saturated rings. The van der Waals surface area contributed by atoms with Crippen LogP contribution >= 0.6 is 0 Å². The van der Waals surface area contributed by atoms with Crippen LogP contribution in [0.4, 0.5) is 11.5 Å². The third kappa shape index (κ3) is 2.04. The van der Waals surface area contributed by atoms with Crippen molar-refractivity contribution in [3.63, 3.8) is 0 Å². The molecule has 0 aliphatic heterocycles. The number of nitrogens with two attached hydrogens (primary N) is 1.